The maximum Gasteiger partial charge on any atom is 0.249 e. The topological polar surface area (TPSA) is 72.3 Å². The van der Waals surface area contributed by atoms with Crippen molar-refractivity contribution in [2.24, 2.45) is 11.5 Å². The Hall–Kier alpha value is -1.39. The van der Waals surface area contributed by atoms with E-state index >= 15 is 0 Å². The highest BCUT2D eigenvalue weighted by Crippen LogP contribution is 2.22. The molecule has 4 N–H and O–H groups in total. The first-order valence-corrected chi connectivity index (χ1v) is 6.97. The second-order valence-electron chi connectivity index (χ2n) is 5.41. The van der Waals surface area contributed by atoms with E-state index in [1.807, 2.05) is 18.2 Å². The second kappa shape index (κ2) is 6.17. The van der Waals surface area contributed by atoms with Crippen molar-refractivity contribution in [1.82, 2.24) is 4.90 Å². The number of hydrogen-bond donors (Lipinski definition) is 2. The van der Waals surface area contributed by atoms with E-state index in [9.17, 15) is 4.79 Å². The monoisotopic (exact) mass is 261 g/mol. The molecule has 1 aromatic rings. The van der Waals surface area contributed by atoms with Crippen molar-refractivity contribution in [3.05, 3.63) is 35.4 Å². The highest BCUT2D eigenvalue weighted by molar-refractivity contribution is 5.94. The molecule has 0 aromatic heterocycles. The SMILES string of the molecule is CC(N)C1CCCCN1Cc1ccccc1C(N)=O. The van der Waals surface area contributed by atoms with Crippen LogP contribution in [0, 0.1) is 0 Å². The van der Waals surface area contributed by atoms with Gasteiger partial charge in [-0.1, -0.05) is 24.6 Å². The van der Waals surface area contributed by atoms with E-state index in [0.717, 1.165) is 25.1 Å². The predicted octanol–water partition coefficient (Wildman–Crippen LogP) is 1.49. The molecule has 2 unspecified atom stereocenters. The van der Waals surface area contributed by atoms with E-state index in [2.05, 4.69) is 11.8 Å². The van der Waals surface area contributed by atoms with Crippen LogP contribution >= 0.6 is 0 Å². The van der Waals surface area contributed by atoms with Crippen LogP contribution in [0.25, 0.3) is 0 Å². The molecule has 1 aliphatic rings. The zero-order valence-corrected chi connectivity index (χ0v) is 11.5. The molecule has 4 nitrogen and oxygen atoms in total. The highest BCUT2D eigenvalue weighted by Gasteiger charge is 2.26. The summed E-state index contributed by atoms with van der Waals surface area (Å²) in [5.74, 6) is -0.357. The van der Waals surface area contributed by atoms with Gasteiger partial charge in [0.15, 0.2) is 0 Å². The van der Waals surface area contributed by atoms with Gasteiger partial charge in [-0.25, -0.2) is 0 Å². The molecule has 1 saturated heterocycles. The van der Waals surface area contributed by atoms with Crippen LogP contribution in [-0.2, 0) is 6.54 Å². The molecule has 1 aromatic carbocycles. The van der Waals surface area contributed by atoms with E-state index in [1.54, 1.807) is 6.07 Å². The maximum absolute atomic E-state index is 11.5. The lowest BCUT2D eigenvalue weighted by molar-refractivity contribution is 0.0992. The molecule has 1 heterocycles. The molecule has 0 spiro atoms. The van der Waals surface area contributed by atoms with Gasteiger partial charge in [0.1, 0.15) is 0 Å². The smallest absolute Gasteiger partial charge is 0.249 e. The zero-order chi connectivity index (χ0) is 13.8. The van der Waals surface area contributed by atoms with Crippen molar-refractivity contribution in [2.75, 3.05) is 6.54 Å². The fraction of sp³-hybridized carbons (Fsp3) is 0.533. The van der Waals surface area contributed by atoms with Gasteiger partial charge >= 0.3 is 0 Å². The van der Waals surface area contributed by atoms with Gasteiger partial charge < -0.3 is 11.5 Å². The van der Waals surface area contributed by atoms with Crippen molar-refractivity contribution in [3.8, 4) is 0 Å². The summed E-state index contributed by atoms with van der Waals surface area (Å²) in [6, 6.07) is 8.13. The molecule has 1 aliphatic heterocycles. The fourth-order valence-corrected chi connectivity index (χ4v) is 2.93. The number of nitrogens with two attached hydrogens (primary N) is 2. The van der Waals surface area contributed by atoms with Gasteiger partial charge in [0.25, 0.3) is 0 Å². The van der Waals surface area contributed by atoms with Crippen LogP contribution in [-0.4, -0.2) is 29.4 Å². The average Bonchev–Trinajstić information content (AvgIpc) is 2.39. The molecule has 2 rings (SSSR count). The summed E-state index contributed by atoms with van der Waals surface area (Å²) in [6.45, 7) is 3.85. The number of carbonyl (C=O) groups is 1. The van der Waals surface area contributed by atoms with E-state index in [4.69, 9.17) is 11.5 Å². The van der Waals surface area contributed by atoms with Gasteiger partial charge in [0, 0.05) is 24.2 Å². The summed E-state index contributed by atoms with van der Waals surface area (Å²) in [7, 11) is 0. The first kappa shape index (κ1) is 14.0. The number of carbonyl (C=O) groups excluding carboxylic acids is 1. The Labute approximate surface area is 114 Å². The third kappa shape index (κ3) is 3.33. The largest absolute Gasteiger partial charge is 0.366 e. The lowest BCUT2D eigenvalue weighted by Gasteiger charge is -2.38. The van der Waals surface area contributed by atoms with Gasteiger partial charge in [0.2, 0.25) is 5.91 Å². The van der Waals surface area contributed by atoms with Crippen LogP contribution < -0.4 is 11.5 Å². The molecule has 0 radical (unpaired) electrons. The third-order valence-corrected chi connectivity index (χ3v) is 3.93. The van der Waals surface area contributed by atoms with Crippen LogP contribution in [0.1, 0.15) is 42.1 Å². The molecule has 0 saturated carbocycles. The Balaban J connectivity index is 2.17. The van der Waals surface area contributed by atoms with Gasteiger partial charge in [-0.05, 0) is 37.9 Å². The summed E-state index contributed by atoms with van der Waals surface area (Å²) in [5, 5.41) is 0. The van der Waals surface area contributed by atoms with Crippen molar-refractivity contribution in [3.63, 3.8) is 0 Å². The summed E-state index contributed by atoms with van der Waals surface area (Å²) in [4.78, 5) is 13.8. The highest BCUT2D eigenvalue weighted by atomic mass is 16.1. The molecular formula is C15H23N3O. The van der Waals surface area contributed by atoms with E-state index in [0.29, 0.717) is 11.6 Å². The molecular weight excluding hydrogens is 238 g/mol. The van der Waals surface area contributed by atoms with Crippen LogP contribution in [0.4, 0.5) is 0 Å². The summed E-state index contributed by atoms with van der Waals surface area (Å²) in [5.41, 5.74) is 13.1. The number of hydrogen-bond acceptors (Lipinski definition) is 3. The van der Waals surface area contributed by atoms with Crippen LogP contribution in [0.3, 0.4) is 0 Å². The van der Waals surface area contributed by atoms with Gasteiger partial charge in [-0.2, -0.15) is 0 Å². The van der Waals surface area contributed by atoms with Crippen molar-refractivity contribution in [1.29, 1.82) is 0 Å². The number of primary amides is 1. The number of piperidine rings is 1. The number of amides is 1. The summed E-state index contributed by atoms with van der Waals surface area (Å²) >= 11 is 0. The zero-order valence-electron chi connectivity index (χ0n) is 11.5. The quantitative estimate of drug-likeness (QED) is 0.862. The van der Waals surface area contributed by atoms with Crippen LogP contribution in [0.5, 0.6) is 0 Å². The molecule has 104 valence electrons. The summed E-state index contributed by atoms with van der Waals surface area (Å²) < 4.78 is 0. The molecule has 4 heteroatoms. The second-order valence-corrected chi connectivity index (χ2v) is 5.41. The molecule has 0 bridgehead atoms. The Morgan fingerprint density at radius 1 is 1.42 bits per heavy atom. The number of rotatable bonds is 4. The van der Waals surface area contributed by atoms with Crippen LogP contribution in [0.15, 0.2) is 24.3 Å². The molecule has 2 atom stereocenters. The lowest BCUT2D eigenvalue weighted by Crippen LogP contribution is -2.48. The molecule has 1 amide bonds. The Bertz CT molecular complexity index is 445. The maximum atomic E-state index is 11.5. The number of benzene rings is 1. The standard InChI is InChI=1S/C15H23N3O/c1-11(16)14-8-4-5-9-18(14)10-12-6-2-3-7-13(12)15(17)19/h2-3,6-7,11,14H,4-5,8-10,16H2,1H3,(H2,17,19). The minimum Gasteiger partial charge on any atom is -0.366 e. The van der Waals surface area contributed by atoms with Crippen molar-refractivity contribution < 1.29 is 4.79 Å². The molecule has 1 fully saturated rings. The number of likely N-dealkylation sites (tertiary alicyclic amines) is 1. The number of nitrogens with zero attached hydrogens (tertiary/aromatic N) is 1. The van der Waals surface area contributed by atoms with E-state index < -0.39 is 0 Å². The normalized spacial score (nSPS) is 22.1. The first-order chi connectivity index (χ1) is 9.09. The minimum absolute atomic E-state index is 0.154. The fourth-order valence-electron chi connectivity index (χ4n) is 2.93. The summed E-state index contributed by atoms with van der Waals surface area (Å²) in [6.07, 6.45) is 3.57. The Morgan fingerprint density at radius 2 is 2.16 bits per heavy atom. The molecule has 19 heavy (non-hydrogen) atoms. The van der Waals surface area contributed by atoms with E-state index in [-0.39, 0.29) is 11.9 Å². The average molecular weight is 261 g/mol. The predicted molar refractivity (Wildman–Crippen MR) is 76.7 cm³/mol. The van der Waals surface area contributed by atoms with Crippen molar-refractivity contribution >= 4 is 5.91 Å². The molecule has 0 aliphatic carbocycles. The third-order valence-electron chi connectivity index (χ3n) is 3.93. The lowest BCUT2D eigenvalue weighted by atomic mass is 9.95. The Morgan fingerprint density at radius 3 is 2.84 bits per heavy atom. The van der Waals surface area contributed by atoms with Gasteiger partial charge in [0.05, 0.1) is 0 Å². The minimum atomic E-state index is -0.357. The van der Waals surface area contributed by atoms with E-state index in [1.165, 1.54) is 12.8 Å². The Kier molecular flexibility index (Phi) is 4.56. The van der Waals surface area contributed by atoms with Crippen LogP contribution in [0.2, 0.25) is 0 Å². The van der Waals surface area contributed by atoms with Gasteiger partial charge in [-0.15, -0.1) is 0 Å². The first-order valence-electron chi connectivity index (χ1n) is 6.97. The van der Waals surface area contributed by atoms with Gasteiger partial charge in [-0.3, -0.25) is 9.69 Å². The van der Waals surface area contributed by atoms with Crippen molar-refractivity contribution in [2.45, 2.75) is 44.8 Å².